The molecule has 26 heavy (non-hydrogen) atoms. The topological polar surface area (TPSA) is 62.7 Å². The van der Waals surface area contributed by atoms with Gasteiger partial charge in [-0.1, -0.05) is 0 Å². The van der Waals surface area contributed by atoms with E-state index >= 15 is 0 Å². The van der Waals surface area contributed by atoms with Gasteiger partial charge < -0.3 is 14.5 Å². The number of fused-ring (bicyclic) bond motifs is 1. The molecular formula is C20H21N3O3. The molecule has 0 N–H and O–H groups in total. The molecule has 2 aromatic rings. The molecule has 2 aliphatic heterocycles. The Balaban J connectivity index is 1.40. The highest BCUT2D eigenvalue weighted by Gasteiger charge is 2.26. The number of ether oxygens (including phenoxy) is 1. The number of aromatic nitrogens is 1. The number of piperazine rings is 1. The Kier molecular flexibility index (Phi) is 4.56. The standard InChI is InChI=1S/C20H21N3O3/c24-19(15-5-7-21-8-6-15)22-9-11-23(12-10-22)20(25)17-3-4-18-16(14-17)2-1-13-26-18/h3-8,14H,1-2,9-13H2. The third-order valence-corrected chi connectivity index (χ3v) is 4.94. The second-order valence-corrected chi connectivity index (χ2v) is 6.59. The van der Waals surface area contributed by atoms with Crippen molar-refractivity contribution in [3.63, 3.8) is 0 Å². The summed E-state index contributed by atoms with van der Waals surface area (Å²) in [5, 5.41) is 0. The number of hydrogen-bond donors (Lipinski definition) is 0. The van der Waals surface area contributed by atoms with Crippen molar-refractivity contribution < 1.29 is 14.3 Å². The van der Waals surface area contributed by atoms with Crippen LogP contribution in [0.15, 0.2) is 42.7 Å². The maximum Gasteiger partial charge on any atom is 0.254 e. The van der Waals surface area contributed by atoms with Gasteiger partial charge in [0.25, 0.3) is 11.8 Å². The molecule has 4 rings (SSSR count). The lowest BCUT2D eigenvalue weighted by Crippen LogP contribution is -2.50. The van der Waals surface area contributed by atoms with Crippen LogP contribution in [0.25, 0.3) is 0 Å². The van der Waals surface area contributed by atoms with E-state index in [9.17, 15) is 9.59 Å². The van der Waals surface area contributed by atoms with Crippen molar-refractivity contribution >= 4 is 11.8 Å². The van der Waals surface area contributed by atoms with Crippen molar-refractivity contribution in [2.45, 2.75) is 12.8 Å². The fraction of sp³-hybridized carbons (Fsp3) is 0.350. The number of pyridine rings is 1. The Bertz CT molecular complexity index is 814. The number of nitrogens with zero attached hydrogens (tertiary/aromatic N) is 3. The summed E-state index contributed by atoms with van der Waals surface area (Å²) in [7, 11) is 0. The number of hydrogen-bond acceptors (Lipinski definition) is 4. The van der Waals surface area contributed by atoms with E-state index in [0.29, 0.717) is 37.3 Å². The van der Waals surface area contributed by atoms with Crippen LogP contribution in [0, 0.1) is 0 Å². The van der Waals surface area contributed by atoms with E-state index in [1.165, 1.54) is 0 Å². The van der Waals surface area contributed by atoms with E-state index in [0.717, 1.165) is 30.8 Å². The number of carbonyl (C=O) groups excluding carboxylic acids is 2. The summed E-state index contributed by atoms with van der Waals surface area (Å²) < 4.78 is 5.61. The van der Waals surface area contributed by atoms with E-state index in [-0.39, 0.29) is 11.8 Å². The maximum absolute atomic E-state index is 12.8. The Morgan fingerprint density at radius 1 is 0.885 bits per heavy atom. The molecule has 134 valence electrons. The van der Waals surface area contributed by atoms with Crippen LogP contribution in [0.1, 0.15) is 32.7 Å². The molecule has 6 heteroatoms. The van der Waals surface area contributed by atoms with Crippen LogP contribution in [-0.2, 0) is 6.42 Å². The monoisotopic (exact) mass is 351 g/mol. The van der Waals surface area contributed by atoms with Gasteiger partial charge in [-0.3, -0.25) is 14.6 Å². The summed E-state index contributed by atoms with van der Waals surface area (Å²) in [6, 6.07) is 9.11. The van der Waals surface area contributed by atoms with Gasteiger partial charge in [-0.2, -0.15) is 0 Å². The Hall–Kier alpha value is -2.89. The van der Waals surface area contributed by atoms with Crippen molar-refractivity contribution in [1.29, 1.82) is 0 Å². The molecule has 0 spiro atoms. The second-order valence-electron chi connectivity index (χ2n) is 6.59. The van der Waals surface area contributed by atoms with E-state index in [1.54, 1.807) is 29.4 Å². The van der Waals surface area contributed by atoms with Gasteiger partial charge in [-0.25, -0.2) is 0 Å². The molecule has 2 aliphatic rings. The molecular weight excluding hydrogens is 330 g/mol. The second kappa shape index (κ2) is 7.15. The van der Waals surface area contributed by atoms with Gasteiger partial charge in [-0.15, -0.1) is 0 Å². The number of benzene rings is 1. The molecule has 0 unspecified atom stereocenters. The van der Waals surface area contributed by atoms with E-state index in [1.807, 2.05) is 23.1 Å². The van der Waals surface area contributed by atoms with Crippen LogP contribution >= 0.6 is 0 Å². The summed E-state index contributed by atoms with van der Waals surface area (Å²) in [6.45, 7) is 2.92. The van der Waals surface area contributed by atoms with Crippen LogP contribution < -0.4 is 4.74 Å². The van der Waals surface area contributed by atoms with Gasteiger partial charge in [-0.05, 0) is 48.7 Å². The third kappa shape index (κ3) is 3.27. The maximum atomic E-state index is 12.8. The molecule has 3 heterocycles. The molecule has 0 radical (unpaired) electrons. The fourth-order valence-electron chi connectivity index (χ4n) is 3.47. The quantitative estimate of drug-likeness (QED) is 0.830. The van der Waals surface area contributed by atoms with Crippen molar-refractivity contribution in [2.75, 3.05) is 32.8 Å². The van der Waals surface area contributed by atoms with Crippen LogP contribution in [0.2, 0.25) is 0 Å². The number of amides is 2. The highest BCUT2D eigenvalue weighted by molar-refractivity contribution is 5.96. The van der Waals surface area contributed by atoms with Gasteiger partial charge in [0.2, 0.25) is 0 Å². The van der Waals surface area contributed by atoms with Crippen LogP contribution in [0.3, 0.4) is 0 Å². The zero-order chi connectivity index (χ0) is 17.9. The fourth-order valence-corrected chi connectivity index (χ4v) is 3.47. The Labute approximate surface area is 152 Å². The predicted octanol–water partition coefficient (Wildman–Crippen LogP) is 2.00. The van der Waals surface area contributed by atoms with E-state index in [2.05, 4.69) is 4.98 Å². The first-order chi connectivity index (χ1) is 12.7. The summed E-state index contributed by atoms with van der Waals surface area (Å²) >= 11 is 0. The van der Waals surface area contributed by atoms with E-state index < -0.39 is 0 Å². The zero-order valence-electron chi connectivity index (χ0n) is 14.6. The largest absolute Gasteiger partial charge is 0.493 e. The molecule has 0 aliphatic carbocycles. The molecule has 0 saturated carbocycles. The summed E-state index contributed by atoms with van der Waals surface area (Å²) in [6.07, 6.45) is 5.17. The normalized spacial score (nSPS) is 16.6. The van der Waals surface area contributed by atoms with Crippen LogP contribution in [-0.4, -0.2) is 59.4 Å². The van der Waals surface area contributed by atoms with E-state index in [4.69, 9.17) is 4.74 Å². The summed E-state index contributed by atoms with van der Waals surface area (Å²) in [4.78, 5) is 32.8. The first kappa shape index (κ1) is 16.6. The van der Waals surface area contributed by atoms with Gasteiger partial charge in [0, 0.05) is 49.7 Å². The first-order valence-corrected chi connectivity index (χ1v) is 8.97. The molecule has 2 amide bonds. The molecule has 1 fully saturated rings. The molecule has 0 atom stereocenters. The lowest BCUT2D eigenvalue weighted by molar-refractivity contribution is 0.0535. The number of aryl methyl sites for hydroxylation is 1. The minimum absolute atomic E-state index is 0.00886. The van der Waals surface area contributed by atoms with Gasteiger partial charge in [0.15, 0.2) is 0 Å². The minimum atomic E-state index is -0.00886. The summed E-state index contributed by atoms with van der Waals surface area (Å²) in [5.41, 5.74) is 2.44. The van der Waals surface area contributed by atoms with Gasteiger partial charge >= 0.3 is 0 Å². The average molecular weight is 351 g/mol. The van der Waals surface area contributed by atoms with Crippen molar-refractivity contribution in [1.82, 2.24) is 14.8 Å². The molecule has 1 aromatic heterocycles. The SMILES string of the molecule is O=C(c1ccncc1)N1CCN(C(=O)c2ccc3c(c2)CCCO3)CC1. The van der Waals surface area contributed by atoms with Crippen LogP contribution in [0.5, 0.6) is 5.75 Å². The average Bonchev–Trinajstić information content (AvgIpc) is 2.73. The zero-order valence-corrected chi connectivity index (χ0v) is 14.6. The van der Waals surface area contributed by atoms with Gasteiger partial charge in [0.05, 0.1) is 6.61 Å². The smallest absolute Gasteiger partial charge is 0.254 e. The predicted molar refractivity (Wildman–Crippen MR) is 96.3 cm³/mol. The highest BCUT2D eigenvalue weighted by Crippen LogP contribution is 2.26. The molecule has 1 aromatic carbocycles. The van der Waals surface area contributed by atoms with Crippen molar-refractivity contribution in [2.24, 2.45) is 0 Å². The lowest BCUT2D eigenvalue weighted by atomic mass is 10.0. The molecule has 6 nitrogen and oxygen atoms in total. The molecule has 0 bridgehead atoms. The van der Waals surface area contributed by atoms with Gasteiger partial charge in [0.1, 0.15) is 5.75 Å². The summed E-state index contributed by atoms with van der Waals surface area (Å²) in [5.74, 6) is 0.903. The minimum Gasteiger partial charge on any atom is -0.493 e. The highest BCUT2D eigenvalue weighted by atomic mass is 16.5. The number of rotatable bonds is 2. The third-order valence-electron chi connectivity index (χ3n) is 4.94. The Morgan fingerprint density at radius 2 is 1.54 bits per heavy atom. The van der Waals surface area contributed by atoms with Crippen molar-refractivity contribution in [3.05, 3.63) is 59.4 Å². The van der Waals surface area contributed by atoms with Crippen LogP contribution in [0.4, 0.5) is 0 Å². The lowest BCUT2D eigenvalue weighted by Gasteiger charge is -2.35. The van der Waals surface area contributed by atoms with Crippen molar-refractivity contribution in [3.8, 4) is 5.75 Å². The molecule has 1 saturated heterocycles. The first-order valence-electron chi connectivity index (χ1n) is 8.97. The number of carbonyl (C=O) groups is 2. The Morgan fingerprint density at radius 3 is 2.23 bits per heavy atom.